The van der Waals surface area contributed by atoms with Gasteiger partial charge in [0, 0.05) is 35.2 Å². The highest BCUT2D eigenvalue weighted by Gasteiger charge is 2.43. The summed E-state index contributed by atoms with van der Waals surface area (Å²) >= 11 is 3.56. The fourth-order valence-electron chi connectivity index (χ4n) is 5.37. The van der Waals surface area contributed by atoms with E-state index in [1.54, 1.807) is 0 Å². The standard InChI is InChI=1S/C31H40BrN2O2P/c1-22(2)29-20-11-23(3)21-30(29)36-37(35,28-18-16-27(17-19-28)34(4)5)31(24-12-14-25(32)15-13-24)33-26-9-7-6-8-10-26/h6-10,12-19,22-23,29-31,33H,11,20-21H2,1-5H3/t23-,29-,30-,31+,37+/m1/s1. The third kappa shape index (κ3) is 6.69. The first-order chi connectivity index (χ1) is 17.7. The van der Waals surface area contributed by atoms with Gasteiger partial charge in [-0.05, 0) is 84.7 Å². The van der Waals surface area contributed by atoms with E-state index in [0.29, 0.717) is 17.8 Å². The van der Waals surface area contributed by atoms with E-state index in [1.165, 1.54) is 6.42 Å². The van der Waals surface area contributed by atoms with Crippen molar-refractivity contribution in [3.63, 3.8) is 0 Å². The summed E-state index contributed by atoms with van der Waals surface area (Å²) in [6.07, 6.45) is 3.18. The molecule has 5 atom stereocenters. The third-order valence-corrected chi connectivity index (χ3v) is 10.8. The van der Waals surface area contributed by atoms with Gasteiger partial charge in [0.05, 0.1) is 6.10 Å². The smallest absolute Gasteiger partial charge is 0.258 e. The lowest BCUT2D eigenvalue weighted by molar-refractivity contribution is 0.0489. The van der Waals surface area contributed by atoms with Crippen molar-refractivity contribution >= 4 is 40.0 Å². The first-order valence-electron chi connectivity index (χ1n) is 13.3. The number of benzene rings is 3. The number of anilines is 2. The maximum atomic E-state index is 15.5. The maximum absolute atomic E-state index is 15.5. The Kier molecular flexibility index (Phi) is 9.21. The molecular weight excluding hydrogens is 543 g/mol. The SMILES string of the molecule is CC(C)[C@H]1CC[C@@H](C)C[C@H]1O[P@@](=O)(c1ccc(N(C)C)cc1)[C@H](Nc1ccccc1)c1ccc(Br)cc1. The molecule has 1 aliphatic rings. The molecule has 0 aromatic heterocycles. The largest absolute Gasteiger partial charge is 0.378 e. The summed E-state index contributed by atoms with van der Waals surface area (Å²) in [5, 5.41) is 4.37. The zero-order valence-electron chi connectivity index (χ0n) is 22.6. The topological polar surface area (TPSA) is 41.6 Å². The van der Waals surface area contributed by atoms with E-state index in [0.717, 1.165) is 39.6 Å². The summed E-state index contributed by atoms with van der Waals surface area (Å²) in [6.45, 7) is 6.82. The quantitative estimate of drug-likeness (QED) is 0.256. The van der Waals surface area contributed by atoms with Crippen LogP contribution < -0.4 is 15.5 Å². The molecule has 1 aliphatic carbocycles. The van der Waals surface area contributed by atoms with Crippen molar-refractivity contribution in [3.05, 3.63) is 88.9 Å². The van der Waals surface area contributed by atoms with Crippen LogP contribution in [-0.2, 0) is 9.09 Å². The Morgan fingerprint density at radius 2 is 1.59 bits per heavy atom. The molecule has 1 fully saturated rings. The van der Waals surface area contributed by atoms with Crippen LogP contribution in [0.15, 0.2) is 83.3 Å². The predicted octanol–water partition coefficient (Wildman–Crippen LogP) is 8.71. The minimum atomic E-state index is -3.45. The van der Waals surface area contributed by atoms with Crippen LogP contribution in [0.3, 0.4) is 0 Å². The number of para-hydroxylation sites is 1. The van der Waals surface area contributed by atoms with Crippen molar-refractivity contribution in [1.82, 2.24) is 0 Å². The second kappa shape index (κ2) is 12.2. The van der Waals surface area contributed by atoms with Crippen molar-refractivity contribution in [1.29, 1.82) is 0 Å². The van der Waals surface area contributed by atoms with Crippen molar-refractivity contribution in [2.45, 2.75) is 51.9 Å². The predicted molar refractivity (Wildman–Crippen MR) is 161 cm³/mol. The summed E-state index contributed by atoms with van der Waals surface area (Å²) in [5.41, 5.74) is 2.93. The number of hydrogen-bond donors (Lipinski definition) is 1. The van der Waals surface area contributed by atoms with Crippen molar-refractivity contribution in [2.24, 2.45) is 17.8 Å². The number of nitrogens with zero attached hydrogens (tertiary/aromatic N) is 1. The summed E-state index contributed by atoms with van der Waals surface area (Å²) < 4.78 is 23.5. The summed E-state index contributed by atoms with van der Waals surface area (Å²) in [5.74, 6) is 0.874. The monoisotopic (exact) mass is 582 g/mol. The lowest BCUT2D eigenvalue weighted by atomic mass is 9.75. The van der Waals surface area contributed by atoms with E-state index in [2.05, 4.69) is 46.9 Å². The van der Waals surface area contributed by atoms with Gasteiger partial charge in [0.15, 0.2) is 0 Å². The Balaban J connectivity index is 1.84. The molecule has 1 N–H and O–H groups in total. The normalized spacial score (nSPS) is 22.3. The van der Waals surface area contributed by atoms with Crippen LogP contribution in [0, 0.1) is 17.8 Å². The summed E-state index contributed by atoms with van der Waals surface area (Å²) in [6, 6.07) is 26.2. The van der Waals surface area contributed by atoms with Gasteiger partial charge in [0.1, 0.15) is 5.78 Å². The second-order valence-corrected chi connectivity index (χ2v) is 14.3. The van der Waals surface area contributed by atoms with E-state index >= 15 is 4.57 Å². The average Bonchev–Trinajstić information content (AvgIpc) is 2.88. The van der Waals surface area contributed by atoms with Crippen molar-refractivity contribution < 1.29 is 9.09 Å². The maximum Gasteiger partial charge on any atom is 0.258 e. The van der Waals surface area contributed by atoms with Crippen LogP contribution in [0.2, 0.25) is 0 Å². The first-order valence-corrected chi connectivity index (χ1v) is 15.8. The van der Waals surface area contributed by atoms with Crippen LogP contribution in [0.4, 0.5) is 11.4 Å². The molecule has 37 heavy (non-hydrogen) atoms. The molecule has 3 aromatic carbocycles. The first kappa shape index (κ1) is 28.0. The zero-order valence-corrected chi connectivity index (χ0v) is 25.1. The van der Waals surface area contributed by atoms with Gasteiger partial charge in [0.25, 0.3) is 7.37 Å². The Bertz CT molecular complexity index is 1180. The van der Waals surface area contributed by atoms with E-state index in [1.807, 2.05) is 93.0 Å². The third-order valence-electron chi connectivity index (χ3n) is 7.58. The molecule has 1 saturated carbocycles. The fourth-order valence-corrected chi connectivity index (χ4v) is 8.27. The number of nitrogens with one attached hydrogen (secondary N) is 1. The molecular formula is C31H40BrN2O2P. The highest BCUT2D eigenvalue weighted by molar-refractivity contribution is 9.10. The second-order valence-electron chi connectivity index (χ2n) is 10.9. The van der Waals surface area contributed by atoms with Gasteiger partial charge in [-0.1, -0.05) is 73.5 Å². The van der Waals surface area contributed by atoms with Crippen molar-refractivity contribution in [2.75, 3.05) is 24.3 Å². The minimum Gasteiger partial charge on any atom is -0.378 e. The fraction of sp³-hybridized carbons (Fsp3) is 0.419. The Morgan fingerprint density at radius 1 is 0.946 bits per heavy atom. The van der Waals surface area contributed by atoms with E-state index in [9.17, 15) is 0 Å². The van der Waals surface area contributed by atoms with Crippen LogP contribution >= 0.6 is 23.3 Å². The Labute approximate surface area is 231 Å². The van der Waals surface area contributed by atoms with Gasteiger partial charge in [-0.25, -0.2) is 0 Å². The molecule has 0 radical (unpaired) electrons. The molecule has 6 heteroatoms. The zero-order chi connectivity index (χ0) is 26.6. The molecule has 4 rings (SSSR count). The number of hydrogen-bond acceptors (Lipinski definition) is 4. The van der Waals surface area contributed by atoms with Crippen molar-refractivity contribution in [3.8, 4) is 0 Å². The van der Waals surface area contributed by atoms with Gasteiger partial charge in [-0.3, -0.25) is 4.57 Å². The van der Waals surface area contributed by atoms with E-state index in [-0.39, 0.29) is 6.10 Å². The van der Waals surface area contributed by atoms with Crippen LogP contribution in [-0.4, -0.2) is 20.2 Å². The summed E-state index contributed by atoms with van der Waals surface area (Å²) in [4.78, 5) is 2.06. The van der Waals surface area contributed by atoms with Crippen LogP contribution in [0.1, 0.15) is 51.4 Å². The lowest BCUT2D eigenvalue weighted by Gasteiger charge is -2.41. The molecule has 3 aromatic rings. The van der Waals surface area contributed by atoms with E-state index < -0.39 is 13.2 Å². The average molecular weight is 584 g/mol. The molecule has 198 valence electrons. The van der Waals surface area contributed by atoms with Gasteiger partial charge >= 0.3 is 0 Å². The summed E-state index contributed by atoms with van der Waals surface area (Å²) in [7, 11) is 0.583. The van der Waals surface area contributed by atoms with Gasteiger partial charge in [0.2, 0.25) is 0 Å². The molecule has 0 unspecified atom stereocenters. The lowest BCUT2D eigenvalue weighted by Crippen LogP contribution is -2.35. The molecule has 0 aliphatic heterocycles. The van der Waals surface area contributed by atoms with Gasteiger partial charge in [-0.15, -0.1) is 0 Å². The number of rotatable bonds is 9. The Hall–Kier alpha value is -2.07. The highest BCUT2D eigenvalue weighted by Crippen LogP contribution is 2.61. The van der Waals surface area contributed by atoms with Crippen LogP contribution in [0.5, 0.6) is 0 Å². The molecule has 0 saturated heterocycles. The highest BCUT2D eigenvalue weighted by atomic mass is 79.9. The molecule has 0 amide bonds. The molecule has 0 heterocycles. The molecule has 0 spiro atoms. The molecule has 4 nitrogen and oxygen atoms in total. The number of halogens is 1. The van der Waals surface area contributed by atoms with Gasteiger partial charge in [-0.2, -0.15) is 0 Å². The van der Waals surface area contributed by atoms with E-state index in [4.69, 9.17) is 4.52 Å². The Morgan fingerprint density at radius 3 is 2.19 bits per heavy atom. The van der Waals surface area contributed by atoms with Gasteiger partial charge < -0.3 is 14.7 Å². The molecule has 0 bridgehead atoms. The van der Waals surface area contributed by atoms with Crippen LogP contribution in [0.25, 0.3) is 0 Å². The minimum absolute atomic E-state index is 0.0568.